The van der Waals surface area contributed by atoms with Crippen molar-refractivity contribution in [3.63, 3.8) is 0 Å². The van der Waals surface area contributed by atoms with Gasteiger partial charge in [-0.15, -0.1) is 0 Å². The topological polar surface area (TPSA) is 77.5 Å². The average Bonchev–Trinajstić information content (AvgIpc) is 3.28. The fourth-order valence-corrected chi connectivity index (χ4v) is 8.21. The summed E-state index contributed by atoms with van der Waals surface area (Å²) in [4.78, 5) is 31.1. The molecule has 332 valence electrons. The molecular formula is C54H70N2O6. The Morgan fingerprint density at radius 3 is 1.26 bits per heavy atom. The van der Waals surface area contributed by atoms with E-state index in [0.29, 0.717) is 36.2 Å². The number of nitrogens with zero attached hydrogens (tertiary/aromatic N) is 2. The summed E-state index contributed by atoms with van der Waals surface area (Å²) in [5.41, 5.74) is 7.93. The average molecular weight is 843 g/mol. The van der Waals surface area contributed by atoms with Crippen molar-refractivity contribution in [2.45, 2.75) is 91.4 Å². The van der Waals surface area contributed by atoms with Crippen molar-refractivity contribution in [3.05, 3.63) is 154 Å². The molecule has 0 N–H and O–H groups in total. The number of esters is 2. The maximum atomic E-state index is 13.0. The molecule has 0 saturated heterocycles. The van der Waals surface area contributed by atoms with Gasteiger partial charge in [0.2, 0.25) is 0 Å². The molecule has 4 heterocycles. The molecular weight excluding hydrogens is 773 g/mol. The molecule has 0 fully saturated rings. The van der Waals surface area contributed by atoms with Crippen LogP contribution in [0.15, 0.2) is 120 Å². The van der Waals surface area contributed by atoms with Crippen LogP contribution in [-0.2, 0) is 54.5 Å². The fraction of sp³-hybridized carbons (Fsp3) is 0.444. The van der Waals surface area contributed by atoms with Crippen molar-refractivity contribution in [3.8, 4) is 0 Å². The molecule has 62 heavy (non-hydrogen) atoms. The van der Waals surface area contributed by atoms with Gasteiger partial charge in [0.25, 0.3) is 0 Å². The van der Waals surface area contributed by atoms with Crippen LogP contribution in [0.3, 0.4) is 0 Å². The highest BCUT2D eigenvalue weighted by molar-refractivity contribution is 5.94. The van der Waals surface area contributed by atoms with Gasteiger partial charge >= 0.3 is 11.9 Å². The van der Waals surface area contributed by atoms with Crippen LogP contribution >= 0.6 is 0 Å². The maximum Gasteiger partial charge on any atom is 0.336 e. The van der Waals surface area contributed by atoms with Crippen molar-refractivity contribution in [1.29, 1.82) is 0 Å². The Morgan fingerprint density at radius 1 is 0.548 bits per heavy atom. The summed E-state index contributed by atoms with van der Waals surface area (Å²) in [7, 11) is 2.85. The Kier molecular flexibility index (Phi) is 20.1. The molecule has 0 aliphatic carbocycles. The highest BCUT2D eigenvalue weighted by Gasteiger charge is 2.25. The van der Waals surface area contributed by atoms with Gasteiger partial charge in [-0.25, -0.2) is 9.59 Å². The Morgan fingerprint density at radius 2 is 0.919 bits per heavy atom. The standard InChI is InChI=1S/C54H70N2O6/c1-41(2)51-39-61-37-49(53(57)59-5)33-45-27-25-44(26-28-45)18-14-16-32-56(36-48-21-11-8-12-22-48)52(42(3)4)40-62-38-50(54(58)60-6)34-46-29-23-43(24-30-46)17-13-15-31-55(51)35-47-19-9-7-10-20-47/h7-12,19-30,33-34,41-42,51-52H,13-18,31-32,35-40H2,1-6H3/b49-33+,50-34+/t51-,52-/m1/s1. The highest BCUT2D eigenvalue weighted by Crippen LogP contribution is 2.22. The lowest BCUT2D eigenvalue weighted by molar-refractivity contribution is -0.137. The van der Waals surface area contributed by atoms with Gasteiger partial charge in [-0.3, -0.25) is 9.80 Å². The third-order valence-corrected chi connectivity index (χ3v) is 11.9. The summed E-state index contributed by atoms with van der Waals surface area (Å²) >= 11 is 0. The monoisotopic (exact) mass is 843 g/mol. The summed E-state index contributed by atoms with van der Waals surface area (Å²) in [6.45, 7) is 13.8. The minimum atomic E-state index is -0.375. The molecule has 0 amide bonds. The Hall–Kier alpha value is -4.86. The predicted octanol–water partition coefficient (Wildman–Crippen LogP) is 10.2. The van der Waals surface area contributed by atoms with Crippen LogP contribution in [0, 0.1) is 11.8 Å². The van der Waals surface area contributed by atoms with E-state index in [1.807, 2.05) is 12.2 Å². The molecule has 2 atom stereocenters. The molecule has 0 spiro atoms. The number of benzene rings is 4. The summed E-state index contributed by atoms with van der Waals surface area (Å²) in [5, 5.41) is 0. The van der Waals surface area contributed by atoms with E-state index >= 15 is 0 Å². The molecule has 4 aliphatic heterocycles. The van der Waals surface area contributed by atoms with Crippen LogP contribution in [0.5, 0.6) is 0 Å². The lowest BCUT2D eigenvalue weighted by Gasteiger charge is -2.34. The van der Waals surface area contributed by atoms with Crippen LogP contribution in [0.1, 0.15) is 86.8 Å². The van der Waals surface area contributed by atoms with Crippen molar-refractivity contribution in [1.82, 2.24) is 9.80 Å². The summed E-state index contributed by atoms with van der Waals surface area (Å²) in [6, 6.07) is 38.4. The summed E-state index contributed by atoms with van der Waals surface area (Å²) in [6.07, 6.45) is 9.78. The van der Waals surface area contributed by atoms with Gasteiger partial charge in [0, 0.05) is 25.2 Å². The number of carbonyl (C=O) groups excluding carboxylic acids is 2. The summed E-state index contributed by atoms with van der Waals surface area (Å²) in [5.74, 6) is -0.0913. The third-order valence-electron chi connectivity index (χ3n) is 11.9. The minimum absolute atomic E-state index is 0.148. The predicted molar refractivity (Wildman–Crippen MR) is 251 cm³/mol. The zero-order valence-corrected chi connectivity index (χ0v) is 38.1. The van der Waals surface area contributed by atoms with Gasteiger partial charge in [0.05, 0.1) is 51.8 Å². The molecule has 8 heteroatoms. The lowest BCUT2D eigenvalue weighted by atomic mass is 10.0. The molecule has 8 nitrogen and oxygen atoms in total. The number of hydrogen-bond acceptors (Lipinski definition) is 8. The van der Waals surface area contributed by atoms with Gasteiger partial charge in [-0.05, 0) is 109 Å². The van der Waals surface area contributed by atoms with Crippen molar-refractivity contribution in [2.24, 2.45) is 11.8 Å². The highest BCUT2D eigenvalue weighted by atomic mass is 16.5. The van der Waals surface area contributed by atoms with Crippen LogP contribution in [0.2, 0.25) is 0 Å². The van der Waals surface area contributed by atoms with Gasteiger partial charge in [0.15, 0.2) is 0 Å². The number of hydrogen-bond donors (Lipinski definition) is 0. The van der Waals surface area contributed by atoms with Crippen LogP contribution in [0.25, 0.3) is 12.2 Å². The van der Waals surface area contributed by atoms with Gasteiger partial charge in [0.1, 0.15) is 0 Å². The molecule has 4 aromatic carbocycles. The third kappa shape index (κ3) is 15.8. The van der Waals surface area contributed by atoms with E-state index < -0.39 is 0 Å². The number of aryl methyl sites for hydroxylation is 2. The van der Waals surface area contributed by atoms with Crippen LogP contribution in [0.4, 0.5) is 0 Å². The van der Waals surface area contributed by atoms with Crippen molar-refractivity contribution < 1.29 is 28.5 Å². The first kappa shape index (κ1) is 48.2. The molecule has 0 saturated carbocycles. The zero-order valence-electron chi connectivity index (χ0n) is 38.1. The van der Waals surface area contributed by atoms with Crippen LogP contribution in [-0.4, -0.2) is 87.6 Å². The van der Waals surface area contributed by atoms with E-state index in [9.17, 15) is 9.59 Å². The second-order valence-corrected chi connectivity index (χ2v) is 17.3. The first-order chi connectivity index (χ1) is 30.1. The molecule has 4 aliphatic rings. The van der Waals surface area contributed by atoms with Crippen molar-refractivity contribution >= 4 is 24.1 Å². The normalized spacial score (nSPS) is 20.5. The van der Waals surface area contributed by atoms with E-state index in [1.54, 1.807) is 0 Å². The maximum absolute atomic E-state index is 13.0. The minimum Gasteiger partial charge on any atom is -0.466 e. The van der Waals surface area contributed by atoms with E-state index in [2.05, 4.69) is 147 Å². The smallest absolute Gasteiger partial charge is 0.336 e. The number of rotatable bonds is 8. The Balaban J connectivity index is 1.39. The van der Waals surface area contributed by atoms with Gasteiger partial charge < -0.3 is 18.9 Å². The van der Waals surface area contributed by atoms with Crippen LogP contribution < -0.4 is 0 Å². The van der Waals surface area contributed by atoms with E-state index in [4.69, 9.17) is 18.9 Å². The SMILES string of the molecule is COC(=O)/C1=C/c2ccc(cc2)CCCCN(Cc2ccccc2)[C@@H](C(C)C)COC/C(C(=O)OC)=C\c2ccc(cc2)CCCCN(Cc2ccccc2)[C@@H](C(C)C)COC1. The molecule has 0 unspecified atom stereocenters. The number of carbonyl (C=O) groups is 2. The molecule has 0 radical (unpaired) electrons. The van der Waals surface area contributed by atoms with E-state index in [-0.39, 0.29) is 37.2 Å². The lowest BCUT2D eigenvalue weighted by Crippen LogP contribution is -2.42. The Bertz CT molecular complexity index is 1830. The first-order valence-electron chi connectivity index (χ1n) is 22.6. The molecule has 8 rings (SSSR count). The molecule has 4 bridgehead atoms. The first-order valence-corrected chi connectivity index (χ1v) is 22.6. The Labute approximate surface area is 371 Å². The van der Waals surface area contributed by atoms with Crippen molar-refractivity contribution in [2.75, 3.05) is 53.7 Å². The molecule has 0 aromatic heterocycles. The summed E-state index contributed by atoms with van der Waals surface area (Å²) < 4.78 is 23.2. The molecule has 4 aromatic rings. The van der Waals surface area contributed by atoms with Gasteiger partial charge in [-0.2, -0.15) is 0 Å². The largest absolute Gasteiger partial charge is 0.466 e. The second-order valence-electron chi connectivity index (χ2n) is 17.3. The van der Waals surface area contributed by atoms with E-state index in [0.717, 1.165) is 75.8 Å². The van der Waals surface area contributed by atoms with E-state index in [1.165, 1.54) is 36.5 Å². The zero-order chi connectivity index (χ0) is 44.1. The van der Waals surface area contributed by atoms with Gasteiger partial charge in [-0.1, -0.05) is 137 Å². The fourth-order valence-electron chi connectivity index (χ4n) is 8.21. The number of methoxy groups -OCH3 is 2. The quantitative estimate of drug-likeness (QED) is 0.162. The second kappa shape index (κ2) is 25.9. The number of ether oxygens (including phenoxy) is 4.